The molecule has 3 heterocycles. The number of hydrogen-bond donors (Lipinski definition) is 2. The highest BCUT2D eigenvalue weighted by atomic mass is 32.1. The number of fused-ring (bicyclic) bond motifs is 1. The summed E-state index contributed by atoms with van der Waals surface area (Å²) in [4.78, 5) is 24.4. The van der Waals surface area contributed by atoms with Crippen molar-refractivity contribution in [3.8, 4) is 21.8 Å². The number of hydrogen-bond acceptors (Lipinski definition) is 6. The number of aromatic amines is 1. The highest BCUT2D eigenvalue weighted by Gasteiger charge is 2.22. The van der Waals surface area contributed by atoms with Crippen LogP contribution in [-0.4, -0.2) is 31.1 Å². The van der Waals surface area contributed by atoms with Crippen LogP contribution >= 0.6 is 11.3 Å². The zero-order valence-electron chi connectivity index (χ0n) is 16.1. The third-order valence-electron chi connectivity index (χ3n) is 4.30. The number of anilines is 1. The second-order valence-corrected chi connectivity index (χ2v) is 8.74. The smallest absolute Gasteiger partial charge is 0.229 e. The molecule has 0 unspecified atom stereocenters. The molecule has 0 radical (unpaired) electrons. The molecule has 0 bridgehead atoms. The number of nitrogens with zero attached hydrogens (tertiary/aromatic N) is 4. The third-order valence-corrected chi connectivity index (χ3v) is 5.17. The number of rotatable bonds is 3. The Morgan fingerprint density at radius 2 is 2.00 bits per heavy atom. The molecule has 1 aromatic carbocycles. The second-order valence-electron chi connectivity index (χ2n) is 7.56. The van der Waals surface area contributed by atoms with Crippen LogP contribution in [0.5, 0.6) is 0 Å². The predicted molar refractivity (Wildman–Crippen MR) is 111 cm³/mol. The summed E-state index contributed by atoms with van der Waals surface area (Å²) in [6.45, 7) is 7.58. The molecule has 0 saturated carbocycles. The average Bonchev–Trinajstić information content (AvgIpc) is 3.27. The summed E-state index contributed by atoms with van der Waals surface area (Å²) in [7, 11) is 0. The lowest BCUT2D eigenvalue weighted by Gasteiger charge is -2.18. The first-order valence-corrected chi connectivity index (χ1v) is 9.69. The first kappa shape index (κ1) is 18.2. The molecule has 3 aromatic heterocycles. The van der Waals surface area contributed by atoms with E-state index in [1.807, 2.05) is 58.2 Å². The minimum absolute atomic E-state index is 0.0378. The maximum Gasteiger partial charge on any atom is 0.229 e. The van der Waals surface area contributed by atoms with Crippen molar-refractivity contribution < 1.29 is 4.79 Å². The van der Waals surface area contributed by atoms with Crippen molar-refractivity contribution in [1.82, 2.24) is 25.1 Å². The number of nitrogens with one attached hydrogen (secondary N) is 2. The van der Waals surface area contributed by atoms with E-state index in [1.54, 1.807) is 0 Å². The average molecular weight is 392 g/mol. The normalized spacial score (nSPS) is 11.7. The Balaban J connectivity index is 1.81. The van der Waals surface area contributed by atoms with E-state index in [1.165, 1.54) is 17.7 Å². The zero-order chi connectivity index (χ0) is 19.9. The molecule has 28 heavy (non-hydrogen) atoms. The van der Waals surface area contributed by atoms with Crippen LogP contribution in [0.15, 0.2) is 36.8 Å². The lowest BCUT2D eigenvalue weighted by Crippen LogP contribution is -2.27. The van der Waals surface area contributed by atoms with E-state index >= 15 is 0 Å². The fraction of sp³-hybridized carbons (Fsp3) is 0.250. The summed E-state index contributed by atoms with van der Waals surface area (Å²) in [6.07, 6.45) is 3.41. The largest absolute Gasteiger partial charge is 0.345 e. The Morgan fingerprint density at radius 1 is 1.18 bits per heavy atom. The number of benzene rings is 1. The summed E-state index contributed by atoms with van der Waals surface area (Å²) in [5, 5.41) is 14.0. The molecule has 1 amide bonds. The minimum atomic E-state index is -0.471. The maximum atomic E-state index is 12.3. The van der Waals surface area contributed by atoms with Crippen molar-refractivity contribution in [2.24, 2.45) is 5.41 Å². The Kier molecular flexibility index (Phi) is 4.43. The van der Waals surface area contributed by atoms with Crippen molar-refractivity contribution in [2.45, 2.75) is 27.7 Å². The number of aromatic nitrogens is 5. The van der Waals surface area contributed by atoms with E-state index in [0.717, 1.165) is 43.6 Å². The number of carbonyl (C=O) groups is 1. The van der Waals surface area contributed by atoms with E-state index < -0.39 is 5.41 Å². The van der Waals surface area contributed by atoms with Crippen molar-refractivity contribution in [3.63, 3.8) is 0 Å². The van der Waals surface area contributed by atoms with Crippen LogP contribution in [0.2, 0.25) is 0 Å². The standard InChI is InChI=1S/C20H20N6OS/c1-11-25-26-18(28-11)14-9-21-17-15(14)16(22-10-23-17)12-6-5-7-13(8-12)24-19(27)20(2,3)4/h5-10H,1-4H3,(H,24,27)(H,21,22,23). The van der Waals surface area contributed by atoms with Gasteiger partial charge in [-0.2, -0.15) is 0 Å². The van der Waals surface area contributed by atoms with Crippen molar-refractivity contribution in [3.05, 3.63) is 41.8 Å². The minimum Gasteiger partial charge on any atom is -0.345 e. The number of H-pyrrole nitrogens is 1. The third kappa shape index (κ3) is 3.38. The summed E-state index contributed by atoms with van der Waals surface area (Å²) >= 11 is 1.52. The van der Waals surface area contributed by atoms with Gasteiger partial charge < -0.3 is 10.3 Å². The molecular weight excluding hydrogens is 372 g/mol. The monoisotopic (exact) mass is 392 g/mol. The van der Waals surface area contributed by atoms with E-state index in [4.69, 9.17) is 0 Å². The highest BCUT2D eigenvalue weighted by molar-refractivity contribution is 7.14. The van der Waals surface area contributed by atoms with Gasteiger partial charge in [-0.3, -0.25) is 4.79 Å². The fourth-order valence-electron chi connectivity index (χ4n) is 2.82. The Morgan fingerprint density at radius 3 is 2.71 bits per heavy atom. The molecule has 0 aliphatic carbocycles. The van der Waals surface area contributed by atoms with Crippen LogP contribution in [0.3, 0.4) is 0 Å². The molecule has 142 valence electrons. The molecule has 0 saturated heterocycles. The number of amides is 1. The van der Waals surface area contributed by atoms with Gasteiger partial charge in [-0.1, -0.05) is 44.2 Å². The summed E-state index contributed by atoms with van der Waals surface area (Å²) in [5.41, 5.74) is 3.58. The molecule has 0 fully saturated rings. The van der Waals surface area contributed by atoms with Crippen LogP contribution in [0.4, 0.5) is 5.69 Å². The van der Waals surface area contributed by atoms with Crippen molar-refractivity contribution in [2.75, 3.05) is 5.32 Å². The predicted octanol–water partition coefficient (Wildman–Crippen LogP) is 4.44. The Labute approximate surface area is 166 Å². The van der Waals surface area contributed by atoms with Gasteiger partial charge in [0.1, 0.15) is 22.0 Å². The quantitative estimate of drug-likeness (QED) is 0.537. The zero-order valence-corrected chi connectivity index (χ0v) is 16.9. The number of carbonyl (C=O) groups excluding carboxylic acids is 1. The van der Waals surface area contributed by atoms with Gasteiger partial charge in [0.15, 0.2) is 0 Å². The lowest BCUT2D eigenvalue weighted by molar-refractivity contribution is -0.123. The van der Waals surface area contributed by atoms with E-state index in [-0.39, 0.29) is 5.91 Å². The van der Waals surface area contributed by atoms with Gasteiger partial charge in [0, 0.05) is 28.4 Å². The molecule has 0 spiro atoms. The van der Waals surface area contributed by atoms with Crippen LogP contribution in [-0.2, 0) is 4.79 Å². The lowest BCUT2D eigenvalue weighted by atomic mass is 9.95. The molecule has 7 nitrogen and oxygen atoms in total. The molecule has 8 heteroatoms. The Bertz CT molecular complexity index is 1170. The molecule has 4 rings (SSSR count). The topological polar surface area (TPSA) is 96.4 Å². The summed E-state index contributed by atoms with van der Waals surface area (Å²) < 4.78 is 0. The SMILES string of the molecule is Cc1nnc(-c2c[nH]c3ncnc(-c4cccc(NC(=O)C(C)(C)C)c4)c23)s1. The molecule has 0 aliphatic rings. The number of aryl methyl sites for hydroxylation is 1. The van der Waals surface area contributed by atoms with Crippen LogP contribution in [0.1, 0.15) is 25.8 Å². The van der Waals surface area contributed by atoms with Crippen molar-refractivity contribution >= 4 is 34.0 Å². The fourth-order valence-corrected chi connectivity index (χ4v) is 3.53. The van der Waals surface area contributed by atoms with Gasteiger partial charge in [-0.15, -0.1) is 10.2 Å². The molecule has 0 atom stereocenters. The van der Waals surface area contributed by atoms with Crippen molar-refractivity contribution in [1.29, 1.82) is 0 Å². The summed E-state index contributed by atoms with van der Waals surface area (Å²) in [6, 6.07) is 7.67. The van der Waals surface area contributed by atoms with Gasteiger partial charge in [0.25, 0.3) is 0 Å². The van der Waals surface area contributed by atoms with E-state index in [9.17, 15) is 4.79 Å². The van der Waals surface area contributed by atoms with Gasteiger partial charge in [-0.25, -0.2) is 9.97 Å². The van der Waals surface area contributed by atoms with Crippen LogP contribution < -0.4 is 5.32 Å². The van der Waals surface area contributed by atoms with Gasteiger partial charge in [0.05, 0.1) is 11.1 Å². The first-order chi connectivity index (χ1) is 13.3. The first-order valence-electron chi connectivity index (χ1n) is 8.87. The summed E-state index contributed by atoms with van der Waals surface area (Å²) in [5.74, 6) is -0.0378. The van der Waals surface area contributed by atoms with Gasteiger partial charge in [0.2, 0.25) is 5.91 Å². The molecular formula is C20H20N6OS. The van der Waals surface area contributed by atoms with Crippen LogP contribution in [0, 0.1) is 12.3 Å². The highest BCUT2D eigenvalue weighted by Crippen LogP contribution is 2.36. The van der Waals surface area contributed by atoms with Gasteiger partial charge in [-0.05, 0) is 19.1 Å². The van der Waals surface area contributed by atoms with Gasteiger partial charge >= 0.3 is 0 Å². The molecule has 2 N–H and O–H groups in total. The second kappa shape index (κ2) is 6.79. The molecule has 0 aliphatic heterocycles. The maximum absolute atomic E-state index is 12.3. The Hall–Kier alpha value is -3.13. The van der Waals surface area contributed by atoms with Crippen LogP contribution in [0.25, 0.3) is 32.9 Å². The van der Waals surface area contributed by atoms with E-state index in [2.05, 4.69) is 30.5 Å². The molecule has 4 aromatic rings. The van der Waals surface area contributed by atoms with E-state index in [0.29, 0.717) is 0 Å².